The highest BCUT2D eigenvalue weighted by atomic mass is 32.2. The van der Waals surface area contributed by atoms with Crippen molar-refractivity contribution in [2.75, 3.05) is 24.2 Å². The molecule has 220 valence electrons. The van der Waals surface area contributed by atoms with E-state index in [1.54, 1.807) is 0 Å². The van der Waals surface area contributed by atoms with Crippen LogP contribution in [0.25, 0.3) is 0 Å². The molecule has 0 bridgehead atoms. The fraction of sp³-hybridized carbons (Fsp3) is 0.292. The summed E-state index contributed by atoms with van der Waals surface area (Å²) >= 11 is 2.17. The summed E-state index contributed by atoms with van der Waals surface area (Å²) in [6.07, 6.45) is 1.68. The minimum atomic E-state index is -1.30. The molecule has 3 amide bonds. The maximum Gasteiger partial charge on any atom is 0.347 e. The molecule has 1 aromatic heterocycles. The minimum absolute atomic E-state index is 0.0161. The van der Waals surface area contributed by atoms with Gasteiger partial charge in [-0.25, -0.2) is 9.78 Å². The summed E-state index contributed by atoms with van der Waals surface area (Å²) in [4.78, 5) is 81.3. The largest absolute Gasteiger partial charge is 0.481 e. The number of aliphatic carboxylic acids is 1. The molecule has 0 aliphatic carbocycles. The molecule has 2 saturated heterocycles. The third-order valence-corrected chi connectivity index (χ3v) is 8.56. The Morgan fingerprint density at radius 3 is 2.71 bits per heavy atom. The normalized spacial score (nSPS) is 21.3. The molecule has 3 N–H and O–H groups in total. The fourth-order valence-corrected chi connectivity index (χ4v) is 6.11. The number of carboxylic acid groups (broad SMARTS) is 1. The van der Waals surface area contributed by atoms with Gasteiger partial charge in [0.15, 0.2) is 10.8 Å². The summed E-state index contributed by atoms with van der Waals surface area (Å²) in [6.45, 7) is 2.59. The molecule has 2 aliphatic heterocycles. The molecule has 0 spiro atoms. The number of hydrogen-bond acceptors (Lipinski definition) is 13. The molecule has 0 radical (unpaired) electrons. The van der Waals surface area contributed by atoms with Gasteiger partial charge in [0.05, 0.1) is 4.92 Å². The Morgan fingerprint density at radius 1 is 1.33 bits per heavy atom. The highest BCUT2D eigenvalue weighted by Gasteiger charge is 2.56. The van der Waals surface area contributed by atoms with Crippen LogP contribution in [0.1, 0.15) is 11.3 Å². The number of nitrogens with zero attached hydrogens (tertiary/aromatic N) is 4. The van der Waals surface area contributed by atoms with Gasteiger partial charge in [0.1, 0.15) is 29.1 Å². The Hall–Kier alpha value is -4.84. The van der Waals surface area contributed by atoms with Crippen LogP contribution in [0.5, 0.6) is 0 Å². The van der Waals surface area contributed by atoms with Crippen LogP contribution in [0, 0.1) is 15.5 Å². The number of fused-ring (bicyclic) bond motifs is 1. The second kappa shape index (κ2) is 12.8. The first kappa shape index (κ1) is 30.1. The standard InChI is InChI=1S/C24H22N6O10S2/c1-2-24(22(35)36)10-29-20(34)18(21(29)42-11-24)27-19(33)17(15-9-41-23(26-15)25-12-31)28-40-8-16(32)39-7-13-3-5-14(6-4-13)30(37)38/h2-6,9,12,18,21H,1,7-8,10-11H2,(H,27,33)(H,35,36)(H,25,26,31)/t18?,21-,24?/m1/s1. The summed E-state index contributed by atoms with van der Waals surface area (Å²) in [6, 6.07) is 4.38. The SMILES string of the molecule is C=CC1(C(=O)O)CS[C@@H]2C(NC(=O)C(=NOCC(=O)OCc3ccc([N+](=O)[O-])cc3)c3csc(NC=O)n3)C(=O)N2C1. The van der Waals surface area contributed by atoms with E-state index in [2.05, 4.69) is 27.4 Å². The molecular formula is C24H22N6O10S2. The van der Waals surface area contributed by atoms with E-state index in [9.17, 15) is 39.2 Å². The lowest BCUT2D eigenvalue weighted by atomic mass is 9.87. The summed E-state index contributed by atoms with van der Waals surface area (Å²) in [5.41, 5.74) is -1.35. The zero-order valence-corrected chi connectivity index (χ0v) is 23.1. The quantitative estimate of drug-likeness (QED) is 0.0538. The summed E-state index contributed by atoms with van der Waals surface area (Å²) in [5, 5.41) is 30.0. The van der Waals surface area contributed by atoms with Gasteiger partial charge in [-0.05, 0) is 17.7 Å². The highest BCUT2D eigenvalue weighted by molar-refractivity contribution is 8.00. The van der Waals surface area contributed by atoms with Gasteiger partial charge in [0.25, 0.3) is 11.6 Å². The van der Waals surface area contributed by atoms with Crippen molar-refractivity contribution in [2.45, 2.75) is 18.0 Å². The van der Waals surface area contributed by atoms with E-state index in [1.807, 2.05) is 0 Å². The van der Waals surface area contributed by atoms with E-state index in [1.165, 1.54) is 52.4 Å². The number of thioether (sulfide) groups is 1. The van der Waals surface area contributed by atoms with Gasteiger partial charge in [-0.15, -0.1) is 29.7 Å². The third-order valence-electron chi connectivity index (χ3n) is 6.24. The molecule has 0 saturated carbocycles. The molecule has 2 aliphatic rings. The average Bonchev–Trinajstić information content (AvgIpc) is 3.44. The molecule has 18 heteroatoms. The second-order valence-corrected chi connectivity index (χ2v) is 10.8. The maximum atomic E-state index is 13.2. The Bertz CT molecular complexity index is 1460. The number of carboxylic acids is 1. The number of nitro benzene ring substituents is 1. The van der Waals surface area contributed by atoms with Crippen molar-refractivity contribution in [3.05, 3.63) is 63.7 Å². The van der Waals surface area contributed by atoms with Crippen LogP contribution in [0.4, 0.5) is 10.8 Å². The van der Waals surface area contributed by atoms with E-state index in [0.29, 0.717) is 12.0 Å². The number of aromatic nitrogens is 1. The molecule has 2 unspecified atom stereocenters. The number of nitro groups is 1. The van der Waals surface area contributed by atoms with Crippen molar-refractivity contribution in [1.82, 2.24) is 15.2 Å². The number of carbonyl (C=O) groups is 5. The van der Waals surface area contributed by atoms with Gasteiger partial charge < -0.3 is 30.2 Å². The number of ether oxygens (including phenoxy) is 1. The van der Waals surface area contributed by atoms with Crippen molar-refractivity contribution in [3.8, 4) is 0 Å². The third kappa shape index (κ3) is 6.39. The van der Waals surface area contributed by atoms with Crippen LogP contribution < -0.4 is 10.6 Å². The number of amides is 3. The fourth-order valence-electron chi connectivity index (χ4n) is 3.92. The predicted octanol–water partition coefficient (Wildman–Crippen LogP) is 0.741. The number of hydrogen-bond donors (Lipinski definition) is 3. The monoisotopic (exact) mass is 618 g/mol. The Kier molecular flexibility index (Phi) is 9.16. The van der Waals surface area contributed by atoms with Crippen molar-refractivity contribution in [2.24, 2.45) is 10.6 Å². The first-order chi connectivity index (χ1) is 20.1. The van der Waals surface area contributed by atoms with Gasteiger partial charge in [-0.2, -0.15) is 0 Å². The van der Waals surface area contributed by atoms with E-state index >= 15 is 0 Å². The molecule has 2 aromatic rings. The van der Waals surface area contributed by atoms with Gasteiger partial charge in [0.2, 0.25) is 18.9 Å². The number of non-ortho nitro benzene ring substituents is 1. The smallest absolute Gasteiger partial charge is 0.347 e. The average molecular weight is 619 g/mol. The number of oxime groups is 1. The van der Waals surface area contributed by atoms with E-state index in [0.717, 1.165) is 11.3 Å². The van der Waals surface area contributed by atoms with Crippen LogP contribution in [0.15, 0.2) is 47.5 Å². The van der Waals surface area contributed by atoms with Crippen molar-refractivity contribution in [3.63, 3.8) is 0 Å². The molecule has 42 heavy (non-hydrogen) atoms. The lowest BCUT2D eigenvalue weighted by molar-refractivity contribution is -0.384. The molecule has 3 atom stereocenters. The van der Waals surface area contributed by atoms with Gasteiger partial charge in [-0.3, -0.25) is 29.3 Å². The van der Waals surface area contributed by atoms with Gasteiger partial charge in [-0.1, -0.05) is 11.2 Å². The number of benzene rings is 1. The first-order valence-corrected chi connectivity index (χ1v) is 13.9. The Labute approximate surface area is 244 Å². The molecule has 4 rings (SSSR count). The number of β-lactam (4-membered cyclic amide) rings is 1. The number of nitrogens with one attached hydrogen (secondary N) is 2. The van der Waals surface area contributed by atoms with Crippen LogP contribution >= 0.6 is 23.1 Å². The summed E-state index contributed by atoms with van der Waals surface area (Å²) < 4.78 is 5.05. The molecule has 16 nitrogen and oxygen atoms in total. The van der Waals surface area contributed by atoms with Crippen molar-refractivity contribution >= 4 is 69.8 Å². The van der Waals surface area contributed by atoms with Crippen molar-refractivity contribution < 1.29 is 43.6 Å². The maximum absolute atomic E-state index is 13.2. The zero-order valence-electron chi connectivity index (χ0n) is 21.5. The van der Waals surface area contributed by atoms with Crippen molar-refractivity contribution in [1.29, 1.82) is 0 Å². The van der Waals surface area contributed by atoms with Crippen LogP contribution in [-0.2, 0) is 40.2 Å². The summed E-state index contributed by atoms with van der Waals surface area (Å²) in [7, 11) is 0. The number of rotatable bonds is 13. The highest BCUT2D eigenvalue weighted by Crippen LogP contribution is 2.42. The lowest BCUT2D eigenvalue weighted by Crippen LogP contribution is -2.73. The van der Waals surface area contributed by atoms with E-state index in [4.69, 9.17) is 9.57 Å². The topological polar surface area (TPSA) is 220 Å². The van der Waals surface area contributed by atoms with Crippen LogP contribution in [0.2, 0.25) is 0 Å². The first-order valence-electron chi connectivity index (χ1n) is 11.9. The van der Waals surface area contributed by atoms with Crippen LogP contribution in [-0.4, -0.2) is 86.1 Å². The molecule has 1 aromatic carbocycles. The number of esters is 1. The molecule has 3 heterocycles. The zero-order chi connectivity index (χ0) is 30.4. The molecular weight excluding hydrogens is 596 g/mol. The van der Waals surface area contributed by atoms with E-state index in [-0.39, 0.29) is 35.4 Å². The number of anilines is 1. The number of thiazole rings is 1. The van der Waals surface area contributed by atoms with E-state index < -0.39 is 57.8 Å². The Morgan fingerprint density at radius 2 is 2.07 bits per heavy atom. The van der Waals surface area contributed by atoms with Gasteiger partial charge in [0, 0.05) is 29.8 Å². The number of carbonyl (C=O) groups excluding carboxylic acids is 4. The predicted molar refractivity (Wildman–Crippen MR) is 147 cm³/mol. The lowest BCUT2D eigenvalue weighted by Gasteiger charge is -2.53. The second-order valence-electron chi connectivity index (χ2n) is 8.88. The summed E-state index contributed by atoms with van der Waals surface area (Å²) in [5.74, 6) is -3.18. The van der Waals surface area contributed by atoms with Crippen LogP contribution in [0.3, 0.4) is 0 Å². The molecule has 2 fully saturated rings. The Balaban J connectivity index is 1.40. The minimum Gasteiger partial charge on any atom is -0.481 e. The van der Waals surface area contributed by atoms with Gasteiger partial charge >= 0.3 is 11.9 Å².